The number of benzene rings is 1. The fourth-order valence-corrected chi connectivity index (χ4v) is 4.07. The smallest absolute Gasteiger partial charge is 0.354 e. The van der Waals surface area contributed by atoms with Gasteiger partial charge in [-0.3, -0.25) is 14.5 Å². The number of likely N-dealkylation sites (tertiary alicyclic amines) is 2. The van der Waals surface area contributed by atoms with Crippen LogP contribution in [0.5, 0.6) is 0 Å². The highest BCUT2D eigenvalue weighted by atomic mass is 19.4. The molecule has 0 aliphatic carbocycles. The molecule has 1 N–H and O–H groups in total. The summed E-state index contributed by atoms with van der Waals surface area (Å²) in [6, 6.07) is 5.31. The van der Waals surface area contributed by atoms with E-state index in [0.717, 1.165) is 38.1 Å². The number of alkyl halides is 3. The summed E-state index contributed by atoms with van der Waals surface area (Å²) in [5.41, 5.74) is -0.322. The van der Waals surface area contributed by atoms with Crippen LogP contribution in [0.3, 0.4) is 0 Å². The normalized spacial score (nSPS) is 23.4. The molecule has 0 radical (unpaired) electrons. The van der Waals surface area contributed by atoms with E-state index in [2.05, 4.69) is 17.1 Å². The van der Waals surface area contributed by atoms with E-state index in [-0.39, 0.29) is 31.3 Å². The summed E-state index contributed by atoms with van der Waals surface area (Å²) in [4.78, 5) is 28.5. The highest BCUT2D eigenvalue weighted by Crippen LogP contribution is 2.30. The van der Waals surface area contributed by atoms with Gasteiger partial charge in [-0.05, 0) is 43.6 Å². The van der Waals surface area contributed by atoms with Crippen molar-refractivity contribution in [2.45, 2.75) is 44.9 Å². The second kappa shape index (κ2) is 8.51. The molecule has 2 saturated heterocycles. The van der Waals surface area contributed by atoms with Gasteiger partial charge in [0, 0.05) is 32.1 Å². The van der Waals surface area contributed by atoms with Crippen LogP contribution >= 0.6 is 0 Å². The second-order valence-corrected chi connectivity index (χ2v) is 7.54. The van der Waals surface area contributed by atoms with Gasteiger partial charge in [-0.15, -0.1) is 0 Å². The molecule has 0 saturated carbocycles. The number of nitrogens with one attached hydrogen (secondary N) is 1. The third-order valence-corrected chi connectivity index (χ3v) is 5.63. The van der Waals surface area contributed by atoms with E-state index >= 15 is 0 Å². The molecule has 2 fully saturated rings. The highest BCUT2D eigenvalue weighted by Gasteiger charge is 2.35. The first-order valence-electron chi connectivity index (χ1n) is 9.73. The minimum Gasteiger partial charge on any atom is -0.354 e. The molecule has 3 rings (SSSR count). The molecule has 2 heterocycles. The minimum atomic E-state index is -4.42. The monoisotopic (exact) mass is 397 g/mol. The quantitative estimate of drug-likeness (QED) is 0.803. The third-order valence-electron chi connectivity index (χ3n) is 5.63. The summed E-state index contributed by atoms with van der Waals surface area (Å²) in [7, 11) is 0. The van der Waals surface area contributed by atoms with Crippen molar-refractivity contribution in [2.75, 3.05) is 26.2 Å². The summed E-state index contributed by atoms with van der Waals surface area (Å²) < 4.78 is 38.6. The zero-order valence-corrected chi connectivity index (χ0v) is 16.0. The number of carbonyl (C=O) groups excluding carboxylic acids is 2. The van der Waals surface area contributed by atoms with Crippen molar-refractivity contribution >= 4 is 11.8 Å². The number of carbonyl (C=O) groups is 2. The topological polar surface area (TPSA) is 52.7 Å². The van der Waals surface area contributed by atoms with Crippen LogP contribution in [0.4, 0.5) is 13.2 Å². The molecule has 0 unspecified atom stereocenters. The third kappa shape index (κ3) is 4.84. The largest absolute Gasteiger partial charge is 0.416 e. The molecule has 0 spiro atoms. The van der Waals surface area contributed by atoms with Crippen molar-refractivity contribution in [3.63, 3.8) is 0 Å². The lowest BCUT2D eigenvalue weighted by molar-refractivity contribution is -0.137. The Morgan fingerprint density at radius 3 is 2.82 bits per heavy atom. The van der Waals surface area contributed by atoms with Crippen molar-refractivity contribution in [2.24, 2.45) is 5.92 Å². The lowest BCUT2D eigenvalue weighted by atomic mass is 10.1. The zero-order chi connectivity index (χ0) is 20.3. The SMILES string of the molecule is CCN1CCC[C@@H]1CNC(=O)[C@H]1CC(=O)N(Cc2cccc(C(F)(F)F)c2)C1. The number of halogens is 3. The van der Waals surface area contributed by atoms with Crippen molar-refractivity contribution < 1.29 is 22.8 Å². The van der Waals surface area contributed by atoms with E-state index in [1.165, 1.54) is 11.0 Å². The molecule has 154 valence electrons. The maximum absolute atomic E-state index is 12.9. The van der Waals surface area contributed by atoms with E-state index in [9.17, 15) is 22.8 Å². The van der Waals surface area contributed by atoms with Crippen LogP contribution in [0.25, 0.3) is 0 Å². The number of hydrogen-bond acceptors (Lipinski definition) is 3. The Bertz CT molecular complexity index is 723. The van der Waals surface area contributed by atoms with E-state index in [0.29, 0.717) is 18.2 Å². The summed E-state index contributed by atoms with van der Waals surface area (Å²) in [5.74, 6) is -0.800. The van der Waals surface area contributed by atoms with Gasteiger partial charge in [0.1, 0.15) is 0 Å². The molecule has 5 nitrogen and oxygen atoms in total. The predicted molar refractivity (Wildman–Crippen MR) is 98.2 cm³/mol. The molecule has 28 heavy (non-hydrogen) atoms. The second-order valence-electron chi connectivity index (χ2n) is 7.54. The first-order chi connectivity index (χ1) is 13.3. The average molecular weight is 397 g/mol. The molecular formula is C20H26F3N3O2. The summed E-state index contributed by atoms with van der Waals surface area (Å²) >= 11 is 0. The molecule has 8 heteroatoms. The van der Waals surface area contributed by atoms with Crippen molar-refractivity contribution in [1.82, 2.24) is 15.1 Å². The fraction of sp³-hybridized carbons (Fsp3) is 0.600. The lowest BCUT2D eigenvalue weighted by Gasteiger charge is -2.23. The Labute approximate surface area is 162 Å². The lowest BCUT2D eigenvalue weighted by Crippen LogP contribution is -2.42. The first kappa shape index (κ1) is 20.6. The van der Waals surface area contributed by atoms with Gasteiger partial charge in [0.2, 0.25) is 11.8 Å². The predicted octanol–water partition coefficient (Wildman–Crippen LogP) is 2.65. The Morgan fingerprint density at radius 1 is 1.32 bits per heavy atom. The van der Waals surface area contributed by atoms with E-state index in [1.54, 1.807) is 6.07 Å². The fourth-order valence-electron chi connectivity index (χ4n) is 4.07. The molecule has 1 aromatic rings. The van der Waals surface area contributed by atoms with E-state index in [4.69, 9.17) is 0 Å². The van der Waals surface area contributed by atoms with Crippen molar-refractivity contribution in [1.29, 1.82) is 0 Å². The zero-order valence-electron chi connectivity index (χ0n) is 16.0. The van der Waals surface area contributed by atoms with Crippen molar-refractivity contribution in [3.05, 3.63) is 35.4 Å². The number of nitrogens with zero attached hydrogens (tertiary/aromatic N) is 2. The summed E-state index contributed by atoms with van der Waals surface area (Å²) in [6.45, 7) is 4.99. The Morgan fingerprint density at radius 2 is 2.11 bits per heavy atom. The van der Waals surface area contributed by atoms with Gasteiger partial charge in [-0.2, -0.15) is 13.2 Å². The standard InChI is InChI=1S/C20H26F3N3O2/c1-2-25-8-4-7-17(25)11-24-19(28)15-10-18(27)26(13-15)12-14-5-3-6-16(9-14)20(21,22)23/h3,5-6,9,15,17H,2,4,7-8,10-13H2,1H3,(H,24,28)/t15-,17+/m0/s1. The molecular weight excluding hydrogens is 371 g/mol. The van der Waals surface area contributed by atoms with Gasteiger partial charge in [0.05, 0.1) is 11.5 Å². The molecule has 2 aliphatic rings. The van der Waals surface area contributed by atoms with Gasteiger partial charge in [-0.1, -0.05) is 19.1 Å². The summed E-state index contributed by atoms with van der Waals surface area (Å²) in [5, 5.41) is 2.96. The first-order valence-corrected chi connectivity index (χ1v) is 9.73. The number of amides is 2. The van der Waals surface area contributed by atoms with Crippen LogP contribution in [0.15, 0.2) is 24.3 Å². The van der Waals surface area contributed by atoms with Gasteiger partial charge >= 0.3 is 6.18 Å². The van der Waals surface area contributed by atoms with Crippen LogP contribution in [0.1, 0.15) is 37.3 Å². The van der Waals surface area contributed by atoms with Gasteiger partial charge < -0.3 is 10.2 Å². The maximum Gasteiger partial charge on any atom is 0.416 e. The molecule has 0 bridgehead atoms. The maximum atomic E-state index is 12.9. The van der Waals surface area contributed by atoms with E-state index < -0.39 is 17.7 Å². The molecule has 2 amide bonds. The average Bonchev–Trinajstić information content (AvgIpc) is 3.26. The number of rotatable bonds is 6. The number of hydrogen-bond donors (Lipinski definition) is 1. The highest BCUT2D eigenvalue weighted by molar-refractivity contribution is 5.89. The van der Waals surface area contributed by atoms with Crippen LogP contribution in [0.2, 0.25) is 0 Å². The van der Waals surface area contributed by atoms with Crippen molar-refractivity contribution in [3.8, 4) is 0 Å². The van der Waals surface area contributed by atoms with Gasteiger partial charge in [0.25, 0.3) is 0 Å². The Kier molecular flexibility index (Phi) is 6.27. The van der Waals surface area contributed by atoms with Gasteiger partial charge in [0.15, 0.2) is 0 Å². The molecule has 0 aromatic heterocycles. The van der Waals surface area contributed by atoms with Crippen LogP contribution in [-0.2, 0) is 22.3 Å². The van der Waals surface area contributed by atoms with Gasteiger partial charge in [-0.25, -0.2) is 0 Å². The molecule has 1 aromatic carbocycles. The number of likely N-dealkylation sites (N-methyl/N-ethyl adjacent to an activating group) is 1. The Balaban J connectivity index is 1.54. The molecule has 2 aliphatic heterocycles. The van der Waals surface area contributed by atoms with Crippen LogP contribution in [0, 0.1) is 5.92 Å². The van der Waals surface area contributed by atoms with E-state index in [1.807, 2.05) is 0 Å². The van der Waals surface area contributed by atoms with Crippen LogP contribution in [-0.4, -0.2) is 53.8 Å². The molecule has 2 atom stereocenters. The van der Waals surface area contributed by atoms with Crippen LogP contribution < -0.4 is 5.32 Å². The Hall–Kier alpha value is -2.09. The summed E-state index contributed by atoms with van der Waals surface area (Å²) in [6.07, 6.45) is -2.13. The minimum absolute atomic E-state index is 0.0821.